The largest absolute Gasteiger partial charge is 0.470 e. The van der Waals surface area contributed by atoms with Gasteiger partial charge in [0.1, 0.15) is 11.4 Å². The van der Waals surface area contributed by atoms with Gasteiger partial charge in [-0.05, 0) is 26.8 Å². The lowest BCUT2D eigenvalue weighted by molar-refractivity contribution is -0.170. The van der Waals surface area contributed by atoms with Crippen LogP contribution in [0, 0.1) is 5.41 Å². The number of ether oxygens (including phenoxy) is 6. The number of carbonyl (C=O) groups is 3. The van der Waals surface area contributed by atoms with Crippen LogP contribution in [0.15, 0.2) is 23.7 Å². The van der Waals surface area contributed by atoms with Crippen molar-refractivity contribution in [3.63, 3.8) is 0 Å². The third-order valence-electron chi connectivity index (χ3n) is 3.40. The van der Waals surface area contributed by atoms with Gasteiger partial charge in [0.15, 0.2) is 24.8 Å². The lowest BCUT2D eigenvalue weighted by Crippen LogP contribution is -2.43. The molecule has 1 rings (SSSR count). The van der Waals surface area contributed by atoms with Crippen molar-refractivity contribution in [2.24, 2.45) is 5.41 Å². The summed E-state index contributed by atoms with van der Waals surface area (Å²) in [5, 5.41) is 0. The fourth-order valence-corrected chi connectivity index (χ4v) is 2.25. The second-order valence-electron chi connectivity index (χ2n) is 6.71. The van der Waals surface area contributed by atoms with Crippen LogP contribution >= 0.6 is 0 Å². The number of hydrogen-bond acceptors (Lipinski definition) is 9. The van der Waals surface area contributed by atoms with E-state index >= 15 is 0 Å². The second-order valence-corrected chi connectivity index (χ2v) is 6.71. The molecule has 0 saturated heterocycles. The zero-order valence-electron chi connectivity index (χ0n) is 16.5. The minimum absolute atomic E-state index is 0.0984. The van der Waals surface area contributed by atoms with Crippen LogP contribution < -0.4 is 0 Å². The van der Waals surface area contributed by atoms with Crippen LogP contribution in [0.25, 0.3) is 0 Å². The number of methoxy groups -OCH3 is 3. The molecule has 0 aliphatic heterocycles. The van der Waals surface area contributed by atoms with Crippen LogP contribution in [0.1, 0.15) is 27.2 Å². The molecule has 152 valence electrons. The number of allylic oxidation sites excluding steroid dienone is 1. The molecule has 0 aromatic heterocycles. The molecule has 0 amide bonds. The molecule has 1 atom stereocenters. The average Bonchev–Trinajstić information content (AvgIpc) is 2.58. The van der Waals surface area contributed by atoms with E-state index in [-0.39, 0.29) is 25.1 Å². The van der Waals surface area contributed by atoms with E-state index in [4.69, 9.17) is 28.4 Å². The number of hydrogen-bond donors (Lipinski definition) is 0. The van der Waals surface area contributed by atoms with Gasteiger partial charge < -0.3 is 28.4 Å². The minimum Gasteiger partial charge on any atom is -0.470 e. The van der Waals surface area contributed by atoms with Crippen molar-refractivity contribution in [2.75, 3.05) is 34.9 Å². The zero-order chi connectivity index (χ0) is 20.7. The summed E-state index contributed by atoms with van der Waals surface area (Å²) in [6.07, 6.45) is 1.81. The van der Waals surface area contributed by atoms with Gasteiger partial charge in [0.25, 0.3) is 0 Å². The summed E-state index contributed by atoms with van der Waals surface area (Å²) in [7, 11) is 3.95. The summed E-state index contributed by atoms with van der Waals surface area (Å²) in [6, 6.07) is 0. The maximum Gasteiger partial charge on any atom is 0.324 e. The molecule has 0 N–H and O–H groups in total. The van der Waals surface area contributed by atoms with Gasteiger partial charge >= 0.3 is 11.9 Å². The molecule has 0 saturated carbocycles. The Morgan fingerprint density at radius 1 is 1.04 bits per heavy atom. The minimum atomic E-state index is -1.75. The van der Waals surface area contributed by atoms with E-state index in [1.165, 1.54) is 27.4 Å². The van der Waals surface area contributed by atoms with Gasteiger partial charge in [-0.15, -0.1) is 0 Å². The van der Waals surface area contributed by atoms with Crippen LogP contribution in [-0.2, 0) is 42.8 Å². The van der Waals surface area contributed by atoms with Crippen LogP contribution in [0.5, 0.6) is 0 Å². The van der Waals surface area contributed by atoms with E-state index < -0.39 is 35.2 Å². The highest BCUT2D eigenvalue weighted by atomic mass is 16.7. The highest BCUT2D eigenvalue weighted by molar-refractivity contribution is 6.06. The maximum atomic E-state index is 13.1. The van der Waals surface area contributed by atoms with Crippen molar-refractivity contribution in [2.45, 2.75) is 32.8 Å². The maximum absolute atomic E-state index is 13.1. The van der Waals surface area contributed by atoms with Gasteiger partial charge in [-0.25, -0.2) is 0 Å². The lowest BCUT2D eigenvalue weighted by atomic mass is 9.77. The van der Waals surface area contributed by atoms with Gasteiger partial charge in [-0.1, -0.05) is 0 Å². The van der Waals surface area contributed by atoms with Gasteiger partial charge in [0, 0.05) is 20.3 Å². The first-order valence-electron chi connectivity index (χ1n) is 8.12. The molecule has 0 spiro atoms. The molecule has 0 aromatic carbocycles. The fourth-order valence-electron chi connectivity index (χ4n) is 2.25. The molecule has 1 unspecified atom stereocenters. The molecule has 0 aromatic rings. The predicted molar refractivity (Wildman–Crippen MR) is 92.0 cm³/mol. The predicted octanol–water partition coefficient (Wildman–Crippen LogP) is 1.47. The van der Waals surface area contributed by atoms with Crippen LogP contribution in [0.2, 0.25) is 0 Å². The van der Waals surface area contributed by atoms with Crippen LogP contribution in [0.4, 0.5) is 0 Å². The van der Waals surface area contributed by atoms with Crippen LogP contribution in [-0.4, -0.2) is 58.2 Å². The molecule has 0 radical (unpaired) electrons. The smallest absolute Gasteiger partial charge is 0.324 e. The van der Waals surface area contributed by atoms with E-state index in [2.05, 4.69) is 0 Å². The molecule has 1 aliphatic carbocycles. The van der Waals surface area contributed by atoms with E-state index in [9.17, 15) is 14.4 Å². The number of carbonyl (C=O) groups excluding carboxylic acids is 3. The quantitative estimate of drug-likeness (QED) is 0.430. The number of esters is 2. The normalized spacial score (nSPS) is 19.7. The standard InChI is InChI=1S/C18H26O9/c1-17(2,3)27-16(21)18(9-15(20)24-6)8-13(25-10-22-4)12(19)7-14(18)26-11-23-5/h7-8H,9-11H2,1-6H3. The molecule has 27 heavy (non-hydrogen) atoms. The van der Waals surface area contributed by atoms with E-state index in [1.807, 2.05) is 0 Å². The molecule has 9 heteroatoms. The third-order valence-corrected chi connectivity index (χ3v) is 3.40. The average molecular weight is 386 g/mol. The van der Waals surface area contributed by atoms with Gasteiger partial charge in [0.2, 0.25) is 5.78 Å². The Morgan fingerprint density at radius 3 is 2.15 bits per heavy atom. The molecule has 0 bridgehead atoms. The van der Waals surface area contributed by atoms with Crippen molar-refractivity contribution >= 4 is 17.7 Å². The Bertz CT molecular complexity index is 627. The van der Waals surface area contributed by atoms with E-state index in [0.717, 1.165) is 6.08 Å². The zero-order valence-corrected chi connectivity index (χ0v) is 16.5. The third kappa shape index (κ3) is 6.07. The Labute approximate surface area is 158 Å². The Morgan fingerprint density at radius 2 is 1.63 bits per heavy atom. The lowest BCUT2D eigenvalue weighted by Gasteiger charge is -2.34. The van der Waals surface area contributed by atoms with Gasteiger partial charge in [-0.2, -0.15) is 0 Å². The first-order valence-corrected chi connectivity index (χ1v) is 8.12. The van der Waals surface area contributed by atoms with Crippen molar-refractivity contribution in [1.82, 2.24) is 0 Å². The SMILES string of the molecule is COCOC1=CC(CC(=O)OC)(C(=O)OC(C)(C)C)C(OCOC)=CC1=O. The molecular weight excluding hydrogens is 360 g/mol. The Kier molecular flexibility index (Phi) is 7.98. The monoisotopic (exact) mass is 386 g/mol. The fraction of sp³-hybridized carbons (Fsp3) is 0.611. The first kappa shape index (κ1) is 22.7. The summed E-state index contributed by atoms with van der Waals surface area (Å²) in [5.74, 6) is -2.32. The van der Waals surface area contributed by atoms with Crippen LogP contribution in [0.3, 0.4) is 0 Å². The molecule has 0 fully saturated rings. The van der Waals surface area contributed by atoms with E-state index in [0.29, 0.717) is 0 Å². The summed E-state index contributed by atoms with van der Waals surface area (Å²) in [5.41, 5.74) is -2.61. The molecule has 9 nitrogen and oxygen atoms in total. The first-order chi connectivity index (χ1) is 12.6. The van der Waals surface area contributed by atoms with Crippen molar-refractivity contribution in [3.8, 4) is 0 Å². The van der Waals surface area contributed by atoms with Crippen molar-refractivity contribution < 1.29 is 42.8 Å². The Balaban J connectivity index is 3.47. The molecule has 0 heterocycles. The highest BCUT2D eigenvalue weighted by Gasteiger charge is 2.50. The van der Waals surface area contributed by atoms with E-state index in [1.54, 1.807) is 20.8 Å². The van der Waals surface area contributed by atoms with Crippen molar-refractivity contribution in [1.29, 1.82) is 0 Å². The molecular formula is C18H26O9. The van der Waals surface area contributed by atoms with Gasteiger partial charge in [0.05, 0.1) is 13.5 Å². The number of rotatable bonds is 9. The summed E-state index contributed by atoms with van der Waals surface area (Å²) in [6.45, 7) is 4.57. The number of ketones is 1. The van der Waals surface area contributed by atoms with Gasteiger partial charge in [-0.3, -0.25) is 14.4 Å². The Hall–Kier alpha value is -2.39. The summed E-state index contributed by atoms with van der Waals surface area (Å²) >= 11 is 0. The second kappa shape index (κ2) is 9.52. The highest BCUT2D eigenvalue weighted by Crippen LogP contribution is 2.41. The topological polar surface area (TPSA) is 107 Å². The molecule has 1 aliphatic rings. The van der Waals surface area contributed by atoms with Crippen molar-refractivity contribution in [3.05, 3.63) is 23.7 Å². The summed E-state index contributed by atoms with van der Waals surface area (Å²) < 4.78 is 30.5. The summed E-state index contributed by atoms with van der Waals surface area (Å²) in [4.78, 5) is 37.4.